The van der Waals surface area contributed by atoms with Gasteiger partial charge in [-0.1, -0.05) is 33.0 Å². The Morgan fingerprint density at radius 2 is 1.69 bits per heavy atom. The van der Waals surface area contributed by atoms with Gasteiger partial charge < -0.3 is 4.79 Å². The molecule has 0 aromatic heterocycles. The molecule has 0 bridgehead atoms. The van der Waals surface area contributed by atoms with E-state index in [1.807, 2.05) is 26.6 Å². The van der Waals surface area contributed by atoms with Crippen LogP contribution in [0.25, 0.3) is 0 Å². The van der Waals surface area contributed by atoms with Crippen LogP contribution in [0.4, 0.5) is 0 Å². The maximum Gasteiger partial charge on any atom is 0.139 e. The Morgan fingerprint density at radius 3 is 2.08 bits per heavy atom. The standard InChI is InChI=1S/C10H20O2Si/c1-5-6-7-9(11)8-10(12)13(2,3)4/h5-8H2,1-4H3. The van der Waals surface area contributed by atoms with Crippen LogP contribution < -0.4 is 0 Å². The van der Waals surface area contributed by atoms with Crippen LogP contribution in [0, 0.1) is 0 Å². The molecule has 0 aliphatic rings. The predicted octanol–water partition coefficient (Wildman–Crippen LogP) is 2.58. The van der Waals surface area contributed by atoms with Crippen LogP contribution in [0.3, 0.4) is 0 Å². The molecule has 13 heavy (non-hydrogen) atoms. The Labute approximate surface area is 81.7 Å². The second kappa shape index (κ2) is 5.32. The molecule has 0 fully saturated rings. The topological polar surface area (TPSA) is 34.1 Å². The summed E-state index contributed by atoms with van der Waals surface area (Å²) in [4.78, 5) is 22.7. The number of Topliss-reactive ketones (excluding diaryl/α,β-unsaturated/α-hetero) is 1. The maximum absolute atomic E-state index is 11.5. The van der Waals surface area contributed by atoms with Gasteiger partial charge in [0.2, 0.25) is 0 Å². The fraction of sp³-hybridized carbons (Fsp3) is 0.800. The van der Waals surface area contributed by atoms with Gasteiger partial charge in [-0.15, -0.1) is 0 Å². The molecule has 0 aliphatic heterocycles. The monoisotopic (exact) mass is 200 g/mol. The molecule has 0 radical (unpaired) electrons. The molecule has 0 saturated heterocycles. The van der Waals surface area contributed by atoms with Gasteiger partial charge in [0.1, 0.15) is 19.3 Å². The number of ketones is 1. The van der Waals surface area contributed by atoms with E-state index < -0.39 is 8.07 Å². The minimum atomic E-state index is -1.72. The van der Waals surface area contributed by atoms with Crippen molar-refractivity contribution in [3.63, 3.8) is 0 Å². The van der Waals surface area contributed by atoms with E-state index in [9.17, 15) is 9.59 Å². The summed E-state index contributed by atoms with van der Waals surface area (Å²) in [5, 5.41) is 0.189. The van der Waals surface area contributed by atoms with E-state index in [-0.39, 0.29) is 17.6 Å². The summed E-state index contributed by atoms with van der Waals surface area (Å²) >= 11 is 0. The zero-order chi connectivity index (χ0) is 10.5. The highest BCUT2D eigenvalue weighted by molar-refractivity contribution is 7.03. The van der Waals surface area contributed by atoms with Gasteiger partial charge in [-0.05, 0) is 6.42 Å². The molecule has 0 rings (SSSR count). The van der Waals surface area contributed by atoms with E-state index in [2.05, 4.69) is 0 Å². The van der Waals surface area contributed by atoms with Crippen molar-refractivity contribution < 1.29 is 9.59 Å². The summed E-state index contributed by atoms with van der Waals surface area (Å²) in [7, 11) is -1.72. The third kappa shape index (κ3) is 5.74. The molecule has 0 atom stereocenters. The summed E-state index contributed by atoms with van der Waals surface area (Å²) in [6.07, 6.45) is 2.69. The first kappa shape index (κ1) is 12.6. The van der Waals surface area contributed by atoms with Gasteiger partial charge in [-0.2, -0.15) is 0 Å². The third-order valence-corrected chi connectivity index (χ3v) is 3.85. The second-order valence-electron chi connectivity index (χ2n) is 4.49. The molecule has 0 N–H and O–H groups in total. The van der Waals surface area contributed by atoms with Gasteiger partial charge >= 0.3 is 0 Å². The van der Waals surface area contributed by atoms with Crippen LogP contribution in [-0.4, -0.2) is 19.3 Å². The molecule has 2 nitrogen and oxygen atoms in total. The van der Waals surface area contributed by atoms with E-state index in [1.54, 1.807) is 0 Å². The minimum Gasteiger partial charge on any atom is -0.305 e. The molecule has 0 aromatic carbocycles. The van der Waals surface area contributed by atoms with Gasteiger partial charge in [0, 0.05) is 6.42 Å². The van der Waals surface area contributed by atoms with Gasteiger partial charge in [0.15, 0.2) is 0 Å². The third-order valence-electron chi connectivity index (χ3n) is 2.00. The zero-order valence-electron chi connectivity index (χ0n) is 9.14. The average molecular weight is 200 g/mol. The second-order valence-corrected chi connectivity index (χ2v) is 9.55. The summed E-state index contributed by atoms with van der Waals surface area (Å²) in [5.41, 5.74) is 0. The van der Waals surface area contributed by atoms with Crippen molar-refractivity contribution >= 4 is 19.3 Å². The molecular formula is C10H20O2Si. The quantitative estimate of drug-likeness (QED) is 0.488. The van der Waals surface area contributed by atoms with Crippen LogP contribution in [0.15, 0.2) is 0 Å². The van der Waals surface area contributed by atoms with E-state index in [0.29, 0.717) is 6.42 Å². The number of unbranched alkanes of at least 4 members (excludes halogenated alkanes) is 1. The maximum atomic E-state index is 11.5. The summed E-state index contributed by atoms with van der Waals surface area (Å²) in [5.74, 6) is 0.120. The Bertz CT molecular complexity index is 192. The van der Waals surface area contributed by atoms with Crippen molar-refractivity contribution in [1.29, 1.82) is 0 Å². The molecule has 0 amide bonds. The van der Waals surface area contributed by atoms with Crippen molar-refractivity contribution in [3.8, 4) is 0 Å². The van der Waals surface area contributed by atoms with Crippen molar-refractivity contribution in [3.05, 3.63) is 0 Å². The van der Waals surface area contributed by atoms with Crippen LogP contribution in [-0.2, 0) is 9.59 Å². The molecule has 0 aliphatic carbocycles. The first-order valence-corrected chi connectivity index (χ1v) is 8.43. The summed E-state index contributed by atoms with van der Waals surface area (Å²) in [6.45, 7) is 8.01. The fourth-order valence-corrected chi connectivity index (χ4v) is 1.63. The first-order chi connectivity index (χ1) is 5.88. The summed E-state index contributed by atoms with van der Waals surface area (Å²) in [6, 6.07) is 0. The van der Waals surface area contributed by atoms with Gasteiger partial charge in [0.05, 0.1) is 6.42 Å². The predicted molar refractivity (Wildman–Crippen MR) is 57.5 cm³/mol. The fourth-order valence-electron chi connectivity index (χ4n) is 0.907. The zero-order valence-corrected chi connectivity index (χ0v) is 10.1. The molecule has 0 aromatic rings. The number of carbonyl (C=O) groups excluding carboxylic acids is 2. The van der Waals surface area contributed by atoms with E-state index in [1.165, 1.54) is 0 Å². The first-order valence-electron chi connectivity index (χ1n) is 4.93. The number of carbonyl (C=O) groups is 2. The lowest BCUT2D eigenvalue weighted by Gasteiger charge is -2.12. The molecule has 76 valence electrons. The minimum absolute atomic E-state index is 0.120. The lowest BCUT2D eigenvalue weighted by atomic mass is 10.1. The van der Waals surface area contributed by atoms with Gasteiger partial charge in [-0.3, -0.25) is 4.79 Å². The van der Waals surface area contributed by atoms with Crippen LogP contribution in [0.1, 0.15) is 32.6 Å². The van der Waals surface area contributed by atoms with Crippen molar-refractivity contribution in [2.24, 2.45) is 0 Å². The molecule has 0 unspecified atom stereocenters. The Kier molecular flexibility index (Phi) is 5.14. The molecule has 0 spiro atoms. The number of hydrogen-bond donors (Lipinski definition) is 0. The lowest BCUT2D eigenvalue weighted by molar-refractivity contribution is -0.124. The van der Waals surface area contributed by atoms with E-state index >= 15 is 0 Å². The van der Waals surface area contributed by atoms with E-state index in [0.717, 1.165) is 12.8 Å². The molecular weight excluding hydrogens is 180 g/mol. The molecule has 0 heterocycles. The van der Waals surface area contributed by atoms with Crippen molar-refractivity contribution in [1.82, 2.24) is 0 Å². The van der Waals surface area contributed by atoms with Crippen LogP contribution in [0.2, 0.25) is 19.6 Å². The van der Waals surface area contributed by atoms with Crippen molar-refractivity contribution in [2.45, 2.75) is 52.2 Å². The molecule has 0 saturated carbocycles. The van der Waals surface area contributed by atoms with E-state index in [4.69, 9.17) is 0 Å². The highest BCUT2D eigenvalue weighted by Crippen LogP contribution is 2.07. The van der Waals surface area contributed by atoms with Crippen LogP contribution >= 0.6 is 0 Å². The highest BCUT2D eigenvalue weighted by atomic mass is 28.3. The van der Waals surface area contributed by atoms with Crippen molar-refractivity contribution in [2.75, 3.05) is 0 Å². The highest BCUT2D eigenvalue weighted by Gasteiger charge is 2.25. The normalized spacial score (nSPS) is 11.4. The lowest BCUT2D eigenvalue weighted by Crippen LogP contribution is -2.34. The Balaban J connectivity index is 3.86. The van der Waals surface area contributed by atoms with Crippen LogP contribution in [0.5, 0.6) is 0 Å². The largest absolute Gasteiger partial charge is 0.305 e. The Morgan fingerprint density at radius 1 is 1.15 bits per heavy atom. The smallest absolute Gasteiger partial charge is 0.139 e. The van der Waals surface area contributed by atoms with Gasteiger partial charge in [0.25, 0.3) is 0 Å². The average Bonchev–Trinajstić information content (AvgIpc) is 1.99. The number of hydrogen-bond acceptors (Lipinski definition) is 2. The SMILES string of the molecule is CCCCC(=O)CC(=O)[Si](C)(C)C. The number of rotatable bonds is 6. The Hall–Kier alpha value is -0.443. The van der Waals surface area contributed by atoms with Gasteiger partial charge in [-0.25, -0.2) is 0 Å². The summed E-state index contributed by atoms with van der Waals surface area (Å²) < 4.78 is 0. The molecule has 3 heteroatoms.